The van der Waals surface area contributed by atoms with Gasteiger partial charge < -0.3 is 0 Å². The van der Waals surface area contributed by atoms with Gasteiger partial charge in [-0.1, -0.05) is 17.8 Å². The number of hydrogen-bond acceptors (Lipinski definition) is 5. The van der Waals surface area contributed by atoms with Crippen LogP contribution in [0.4, 0.5) is 0 Å². The number of thiophene rings is 1. The lowest BCUT2D eigenvalue weighted by atomic mass is 10.4. The maximum absolute atomic E-state index is 12.0. The molecule has 8 heteroatoms. The fourth-order valence-corrected chi connectivity index (χ4v) is 4.72. The number of hydrogen-bond donors (Lipinski definition) is 0. The Morgan fingerprint density at radius 1 is 1.50 bits per heavy atom. The quantitative estimate of drug-likeness (QED) is 0.853. The summed E-state index contributed by atoms with van der Waals surface area (Å²) in [5, 5.41) is 1.67. The molecule has 1 fully saturated rings. The summed E-state index contributed by atoms with van der Waals surface area (Å²) in [6, 6.07) is 3.16. The smallest absolute Gasteiger partial charge is 0.290 e. The van der Waals surface area contributed by atoms with Crippen molar-refractivity contribution in [2.24, 2.45) is 4.40 Å². The molecule has 1 aromatic rings. The van der Waals surface area contributed by atoms with E-state index in [9.17, 15) is 13.2 Å². The predicted octanol–water partition coefficient (Wildman–Crippen LogP) is 1.78. The molecule has 2 rings (SSSR count). The average molecular weight is 304 g/mol. The lowest BCUT2D eigenvalue weighted by Gasteiger charge is -2.12. The highest BCUT2D eigenvalue weighted by atomic mass is 32.2. The van der Waals surface area contributed by atoms with E-state index >= 15 is 0 Å². The third-order valence-corrected chi connectivity index (χ3v) is 6.22. The summed E-state index contributed by atoms with van der Waals surface area (Å²) in [7, 11) is -3.70. The number of carbonyl (C=O) groups excluding carboxylic acids is 1. The third-order valence-electron chi connectivity index (χ3n) is 2.39. The zero-order valence-electron chi connectivity index (χ0n) is 9.86. The second kappa shape index (κ2) is 5.02. The summed E-state index contributed by atoms with van der Waals surface area (Å²) in [5.41, 5.74) is 0. The van der Waals surface area contributed by atoms with E-state index in [4.69, 9.17) is 0 Å². The van der Waals surface area contributed by atoms with Gasteiger partial charge in [-0.05, 0) is 25.3 Å². The van der Waals surface area contributed by atoms with E-state index in [-0.39, 0.29) is 20.5 Å². The minimum Gasteiger partial charge on any atom is -0.290 e. The van der Waals surface area contributed by atoms with Gasteiger partial charge in [-0.2, -0.15) is 8.42 Å². The molecule has 0 spiro atoms. The molecule has 0 unspecified atom stereocenters. The van der Waals surface area contributed by atoms with Crippen LogP contribution in [0, 0.1) is 0 Å². The second-order valence-electron chi connectivity index (χ2n) is 3.62. The Kier molecular flexibility index (Phi) is 3.79. The Labute approximate surface area is 114 Å². The van der Waals surface area contributed by atoms with Crippen LogP contribution in [0.5, 0.6) is 0 Å². The fourth-order valence-electron chi connectivity index (χ4n) is 1.51. The van der Waals surface area contributed by atoms with Crippen LogP contribution in [-0.4, -0.2) is 36.2 Å². The predicted molar refractivity (Wildman–Crippen MR) is 73.4 cm³/mol. The lowest BCUT2D eigenvalue weighted by Crippen LogP contribution is -2.31. The van der Waals surface area contributed by atoms with Crippen molar-refractivity contribution in [1.82, 2.24) is 4.90 Å². The average Bonchev–Trinajstić information content (AvgIpc) is 2.89. The first-order valence-corrected chi connectivity index (χ1v) is 8.52. The Morgan fingerprint density at radius 2 is 2.22 bits per heavy atom. The van der Waals surface area contributed by atoms with Crippen LogP contribution < -0.4 is 0 Å². The van der Waals surface area contributed by atoms with E-state index in [0.29, 0.717) is 6.54 Å². The Morgan fingerprint density at radius 3 is 2.78 bits per heavy atom. The van der Waals surface area contributed by atoms with Crippen molar-refractivity contribution in [3.8, 4) is 0 Å². The van der Waals surface area contributed by atoms with Gasteiger partial charge in [0.25, 0.3) is 10.0 Å². The lowest BCUT2D eigenvalue weighted by molar-refractivity contribution is -0.125. The van der Waals surface area contributed by atoms with Crippen molar-refractivity contribution in [3.63, 3.8) is 0 Å². The van der Waals surface area contributed by atoms with Crippen LogP contribution in [0.25, 0.3) is 0 Å². The van der Waals surface area contributed by atoms with Crippen molar-refractivity contribution in [3.05, 3.63) is 17.5 Å². The van der Waals surface area contributed by atoms with E-state index in [1.54, 1.807) is 25.3 Å². The Hall–Kier alpha value is -0.860. The van der Waals surface area contributed by atoms with Gasteiger partial charge in [-0.15, -0.1) is 15.7 Å². The Bertz CT molecular complexity index is 578. The summed E-state index contributed by atoms with van der Waals surface area (Å²) in [4.78, 5) is 13.2. The van der Waals surface area contributed by atoms with Crippen molar-refractivity contribution in [2.75, 3.05) is 6.54 Å². The summed E-state index contributed by atoms with van der Waals surface area (Å²) in [6.07, 6.45) is 0. The number of rotatable bonds is 3. The van der Waals surface area contributed by atoms with Gasteiger partial charge in [0.15, 0.2) is 5.17 Å². The molecule has 1 atom stereocenters. The van der Waals surface area contributed by atoms with Crippen molar-refractivity contribution in [1.29, 1.82) is 0 Å². The van der Waals surface area contributed by atoms with Crippen molar-refractivity contribution >= 4 is 44.2 Å². The molecule has 1 aliphatic rings. The minimum atomic E-state index is -3.70. The maximum Gasteiger partial charge on any atom is 0.294 e. The van der Waals surface area contributed by atoms with Crippen molar-refractivity contribution in [2.45, 2.75) is 23.3 Å². The topological polar surface area (TPSA) is 66.8 Å². The van der Waals surface area contributed by atoms with Gasteiger partial charge in [-0.3, -0.25) is 9.69 Å². The van der Waals surface area contributed by atoms with Gasteiger partial charge in [0.2, 0.25) is 5.91 Å². The zero-order chi connectivity index (χ0) is 13.3. The molecule has 5 nitrogen and oxygen atoms in total. The number of sulfonamides is 1. The molecule has 0 saturated carbocycles. The molecule has 98 valence electrons. The van der Waals surface area contributed by atoms with Crippen LogP contribution in [0.1, 0.15) is 13.8 Å². The van der Waals surface area contributed by atoms with Crippen LogP contribution in [0.3, 0.4) is 0 Å². The molecule has 2 heterocycles. The molecular weight excluding hydrogens is 292 g/mol. The normalized spacial score (nSPS) is 23.0. The molecule has 0 bridgehead atoms. The third kappa shape index (κ3) is 2.45. The van der Waals surface area contributed by atoms with Gasteiger partial charge in [0.05, 0.1) is 5.25 Å². The van der Waals surface area contributed by atoms with Crippen LogP contribution >= 0.6 is 23.1 Å². The highest BCUT2D eigenvalue weighted by molar-refractivity contribution is 8.16. The maximum atomic E-state index is 12.0. The van der Waals surface area contributed by atoms with Crippen LogP contribution in [0.15, 0.2) is 26.1 Å². The summed E-state index contributed by atoms with van der Waals surface area (Å²) < 4.78 is 28.0. The molecular formula is C10H12N2O3S3. The molecule has 0 N–H and O–H groups in total. The van der Waals surface area contributed by atoms with E-state index in [2.05, 4.69) is 4.40 Å². The van der Waals surface area contributed by atoms with E-state index < -0.39 is 10.0 Å². The molecule has 0 aromatic carbocycles. The van der Waals surface area contributed by atoms with Gasteiger partial charge in [0, 0.05) is 6.54 Å². The zero-order valence-corrected chi connectivity index (χ0v) is 12.3. The number of amides is 1. The molecule has 0 radical (unpaired) electrons. The fraction of sp³-hybridized carbons (Fsp3) is 0.400. The van der Waals surface area contributed by atoms with E-state index in [1.165, 1.54) is 22.7 Å². The van der Waals surface area contributed by atoms with Crippen molar-refractivity contribution < 1.29 is 13.2 Å². The molecule has 1 saturated heterocycles. The van der Waals surface area contributed by atoms with Gasteiger partial charge in [-0.25, -0.2) is 0 Å². The molecule has 1 amide bonds. The van der Waals surface area contributed by atoms with E-state index in [0.717, 1.165) is 11.3 Å². The largest absolute Gasteiger partial charge is 0.294 e. The van der Waals surface area contributed by atoms with Gasteiger partial charge in [0.1, 0.15) is 4.21 Å². The highest BCUT2D eigenvalue weighted by Crippen LogP contribution is 2.29. The standard InChI is InChI=1S/C10H12N2O3S3/c1-3-12-9(13)7(2)17-10(12)11-18(14,15)8-5-4-6-16-8/h4-7H,3H2,1-2H3/t7-/m1/s1. The Balaban J connectivity index is 2.37. The SMILES string of the molecule is CCN1C(=O)[C@@H](C)SC1=NS(=O)(=O)c1cccs1. The highest BCUT2D eigenvalue weighted by Gasteiger charge is 2.35. The first kappa shape index (κ1) is 13.6. The molecule has 18 heavy (non-hydrogen) atoms. The minimum absolute atomic E-state index is 0.0948. The second-order valence-corrected chi connectivity index (χ2v) is 7.71. The molecule has 1 aliphatic heterocycles. The first-order valence-electron chi connectivity index (χ1n) is 5.32. The summed E-state index contributed by atoms with van der Waals surface area (Å²) >= 11 is 2.30. The molecule has 1 aromatic heterocycles. The summed E-state index contributed by atoms with van der Waals surface area (Å²) in [6.45, 7) is 3.97. The number of thioether (sulfide) groups is 1. The first-order chi connectivity index (χ1) is 8.45. The number of carbonyl (C=O) groups is 1. The van der Waals surface area contributed by atoms with Crippen LogP contribution in [-0.2, 0) is 14.8 Å². The number of nitrogens with zero attached hydrogens (tertiary/aromatic N) is 2. The van der Waals surface area contributed by atoms with Crippen LogP contribution in [0.2, 0.25) is 0 Å². The van der Waals surface area contributed by atoms with Gasteiger partial charge >= 0.3 is 0 Å². The molecule has 0 aliphatic carbocycles. The number of amidine groups is 1. The monoisotopic (exact) mass is 304 g/mol. The van der Waals surface area contributed by atoms with E-state index in [1.807, 2.05) is 0 Å². The summed E-state index contributed by atoms with van der Waals surface area (Å²) in [5.74, 6) is -0.0948.